The molecule has 2 aromatic rings. The van der Waals surface area contributed by atoms with Crippen LogP contribution in [0.1, 0.15) is 54.4 Å². The number of hydrogen-bond acceptors (Lipinski definition) is 3. The molecule has 2 saturated heterocycles. The number of piperidine rings is 1. The highest BCUT2D eigenvalue weighted by Gasteiger charge is 2.43. The van der Waals surface area contributed by atoms with E-state index in [1.165, 1.54) is 18.6 Å². The Labute approximate surface area is 165 Å². The molecule has 2 fully saturated rings. The smallest absolute Gasteiger partial charge is 0.274 e. The predicted molar refractivity (Wildman–Crippen MR) is 106 cm³/mol. The van der Waals surface area contributed by atoms with E-state index in [1.54, 1.807) is 0 Å². The van der Waals surface area contributed by atoms with Crippen molar-refractivity contribution in [1.82, 2.24) is 20.0 Å². The van der Waals surface area contributed by atoms with Crippen molar-refractivity contribution >= 4 is 5.91 Å². The van der Waals surface area contributed by atoms with Crippen molar-refractivity contribution in [2.75, 3.05) is 26.2 Å². The van der Waals surface area contributed by atoms with E-state index in [0.717, 1.165) is 69.7 Å². The van der Waals surface area contributed by atoms with Crippen LogP contribution in [0.2, 0.25) is 0 Å². The lowest BCUT2D eigenvalue weighted by molar-refractivity contribution is 0.0671. The average molecular weight is 384 g/mol. The van der Waals surface area contributed by atoms with Crippen molar-refractivity contribution in [2.24, 2.45) is 5.41 Å². The first-order valence-corrected chi connectivity index (χ1v) is 10.4. The van der Waals surface area contributed by atoms with Crippen LogP contribution in [-0.4, -0.2) is 52.1 Å². The van der Waals surface area contributed by atoms with Gasteiger partial charge in [0, 0.05) is 37.3 Å². The third-order valence-electron chi connectivity index (χ3n) is 6.15. The van der Waals surface area contributed by atoms with Gasteiger partial charge >= 0.3 is 0 Å². The molecule has 1 aromatic carbocycles. The topological polar surface area (TPSA) is 52.2 Å². The van der Waals surface area contributed by atoms with Crippen LogP contribution >= 0.6 is 0 Å². The van der Waals surface area contributed by atoms with Crippen molar-refractivity contribution < 1.29 is 9.18 Å². The van der Waals surface area contributed by atoms with Crippen molar-refractivity contribution in [3.8, 4) is 0 Å². The number of nitrogens with zero attached hydrogens (tertiary/aromatic N) is 3. The Bertz CT molecular complexity index is 818. The largest absolute Gasteiger partial charge is 0.337 e. The molecule has 2 aliphatic heterocycles. The summed E-state index contributed by atoms with van der Waals surface area (Å²) in [7, 11) is 0. The zero-order valence-electron chi connectivity index (χ0n) is 16.6. The first-order valence-electron chi connectivity index (χ1n) is 10.4. The Morgan fingerprint density at radius 3 is 2.82 bits per heavy atom. The molecular weight excluding hydrogens is 355 g/mol. The van der Waals surface area contributed by atoms with E-state index in [4.69, 9.17) is 0 Å². The van der Waals surface area contributed by atoms with E-state index in [0.29, 0.717) is 5.69 Å². The van der Waals surface area contributed by atoms with Gasteiger partial charge in [-0.25, -0.2) is 4.39 Å². The van der Waals surface area contributed by atoms with E-state index in [9.17, 15) is 9.18 Å². The molecule has 5 nitrogen and oxygen atoms in total. The van der Waals surface area contributed by atoms with Crippen LogP contribution in [0.5, 0.6) is 0 Å². The highest BCUT2D eigenvalue weighted by molar-refractivity contribution is 5.92. The quantitative estimate of drug-likeness (QED) is 0.856. The Balaban J connectivity index is 1.38. The number of aromatic amines is 1. The number of amides is 1. The number of halogens is 1. The SMILES string of the molecule is CCCc1cc(C(=O)N2CC[C@@]3(CCCN(Cc4ccc(F)cc4)C3)C2)n[nH]1. The van der Waals surface area contributed by atoms with Crippen LogP contribution in [-0.2, 0) is 13.0 Å². The number of aryl methyl sites for hydroxylation is 1. The standard InChI is InChI=1S/C22H29FN4O/c1-2-4-19-13-20(25-24-19)21(28)27-12-10-22(16-27)9-3-11-26(15-22)14-17-5-7-18(23)8-6-17/h5-8,13H,2-4,9-12,14-16H2,1H3,(H,24,25)/t22-/m1/s1. The minimum absolute atomic E-state index is 0.0473. The summed E-state index contributed by atoms with van der Waals surface area (Å²) in [5, 5.41) is 7.22. The van der Waals surface area contributed by atoms with Gasteiger partial charge < -0.3 is 4.90 Å². The van der Waals surface area contributed by atoms with E-state index in [2.05, 4.69) is 22.0 Å². The molecule has 1 N–H and O–H groups in total. The highest BCUT2D eigenvalue weighted by Crippen LogP contribution is 2.39. The monoisotopic (exact) mass is 384 g/mol. The summed E-state index contributed by atoms with van der Waals surface area (Å²) >= 11 is 0. The van der Waals surface area contributed by atoms with E-state index in [1.807, 2.05) is 23.1 Å². The van der Waals surface area contributed by atoms with Gasteiger partial charge in [0.05, 0.1) is 0 Å². The molecule has 0 aliphatic carbocycles. The summed E-state index contributed by atoms with van der Waals surface area (Å²) in [6.45, 7) is 6.63. The Kier molecular flexibility index (Phi) is 5.49. The first-order chi connectivity index (χ1) is 13.6. The number of carbonyl (C=O) groups is 1. The van der Waals surface area contributed by atoms with E-state index < -0.39 is 0 Å². The summed E-state index contributed by atoms with van der Waals surface area (Å²) in [5.74, 6) is -0.143. The van der Waals surface area contributed by atoms with Crippen molar-refractivity contribution in [2.45, 2.75) is 45.6 Å². The van der Waals surface area contributed by atoms with Crippen LogP contribution in [0.3, 0.4) is 0 Å². The predicted octanol–water partition coefficient (Wildman–Crippen LogP) is 3.63. The van der Waals surface area contributed by atoms with Gasteiger partial charge in [0.25, 0.3) is 5.91 Å². The summed E-state index contributed by atoms with van der Waals surface area (Å²) in [6.07, 6.45) is 5.31. The number of rotatable bonds is 5. The minimum atomic E-state index is -0.190. The fourth-order valence-corrected chi connectivity index (χ4v) is 4.77. The van der Waals surface area contributed by atoms with Gasteiger partial charge in [0.1, 0.15) is 11.5 Å². The van der Waals surface area contributed by atoms with Crippen LogP contribution in [0.15, 0.2) is 30.3 Å². The minimum Gasteiger partial charge on any atom is -0.337 e. The third-order valence-corrected chi connectivity index (χ3v) is 6.15. The fourth-order valence-electron chi connectivity index (χ4n) is 4.77. The van der Waals surface area contributed by atoms with Gasteiger partial charge in [-0.1, -0.05) is 25.5 Å². The number of hydrogen-bond donors (Lipinski definition) is 1. The second kappa shape index (κ2) is 8.03. The van der Waals surface area contributed by atoms with Gasteiger partial charge in [0.2, 0.25) is 0 Å². The number of carbonyl (C=O) groups excluding carboxylic acids is 1. The zero-order valence-corrected chi connectivity index (χ0v) is 16.6. The lowest BCUT2D eigenvalue weighted by Gasteiger charge is -2.40. The van der Waals surface area contributed by atoms with E-state index in [-0.39, 0.29) is 17.1 Å². The van der Waals surface area contributed by atoms with E-state index >= 15 is 0 Å². The second-order valence-corrected chi connectivity index (χ2v) is 8.45. The number of aromatic nitrogens is 2. The van der Waals surface area contributed by atoms with Crippen molar-refractivity contribution in [3.05, 3.63) is 53.1 Å². The van der Waals surface area contributed by atoms with Crippen LogP contribution < -0.4 is 0 Å². The molecule has 1 spiro atoms. The summed E-state index contributed by atoms with van der Waals surface area (Å²) in [5.41, 5.74) is 2.89. The van der Waals surface area contributed by atoms with Gasteiger partial charge in [-0.2, -0.15) is 5.10 Å². The third kappa shape index (κ3) is 4.12. The number of benzene rings is 1. The first kappa shape index (κ1) is 19.1. The number of likely N-dealkylation sites (tertiary alicyclic amines) is 2. The molecule has 28 heavy (non-hydrogen) atoms. The molecule has 0 unspecified atom stereocenters. The maximum atomic E-state index is 13.2. The molecule has 1 atom stereocenters. The lowest BCUT2D eigenvalue weighted by Crippen LogP contribution is -2.45. The van der Waals surface area contributed by atoms with Gasteiger partial charge in [-0.05, 0) is 56.0 Å². The Morgan fingerprint density at radius 1 is 1.21 bits per heavy atom. The van der Waals surface area contributed by atoms with Gasteiger partial charge in [-0.3, -0.25) is 14.8 Å². The molecule has 0 saturated carbocycles. The average Bonchev–Trinajstić information content (AvgIpc) is 3.31. The maximum absolute atomic E-state index is 13.2. The van der Waals surface area contributed by atoms with Gasteiger partial charge in [-0.15, -0.1) is 0 Å². The summed E-state index contributed by atoms with van der Waals surface area (Å²) < 4.78 is 13.2. The molecule has 2 aliphatic rings. The molecule has 6 heteroatoms. The summed E-state index contributed by atoms with van der Waals surface area (Å²) in [4.78, 5) is 17.3. The molecular formula is C22H29FN4O. The lowest BCUT2D eigenvalue weighted by atomic mass is 9.79. The Morgan fingerprint density at radius 2 is 2.04 bits per heavy atom. The van der Waals surface area contributed by atoms with Crippen LogP contribution in [0.4, 0.5) is 4.39 Å². The zero-order chi connectivity index (χ0) is 19.6. The number of H-pyrrole nitrogens is 1. The molecule has 150 valence electrons. The normalized spacial score (nSPS) is 22.9. The van der Waals surface area contributed by atoms with Crippen molar-refractivity contribution in [3.63, 3.8) is 0 Å². The molecule has 1 aromatic heterocycles. The van der Waals surface area contributed by atoms with Crippen LogP contribution in [0.25, 0.3) is 0 Å². The van der Waals surface area contributed by atoms with Gasteiger partial charge in [0.15, 0.2) is 0 Å². The molecule has 1 amide bonds. The number of nitrogens with one attached hydrogen (secondary N) is 1. The fraction of sp³-hybridized carbons (Fsp3) is 0.545. The Hall–Kier alpha value is -2.21. The van der Waals surface area contributed by atoms with Crippen LogP contribution in [0, 0.1) is 11.2 Å². The van der Waals surface area contributed by atoms with Crippen molar-refractivity contribution in [1.29, 1.82) is 0 Å². The highest BCUT2D eigenvalue weighted by atomic mass is 19.1. The summed E-state index contributed by atoms with van der Waals surface area (Å²) in [6, 6.07) is 8.70. The molecule has 0 bridgehead atoms. The second-order valence-electron chi connectivity index (χ2n) is 8.45. The maximum Gasteiger partial charge on any atom is 0.274 e. The molecule has 0 radical (unpaired) electrons. The molecule has 4 rings (SSSR count). The molecule has 3 heterocycles.